The summed E-state index contributed by atoms with van der Waals surface area (Å²) in [7, 11) is -3.29. The van der Waals surface area contributed by atoms with Gasteiger partial charge in [0.15, 0.2) is 0 Å². The smallest absolute Gasteiger partial charge is 0.310 e. The van der Waals surface area contributed by atoms with E-state index in [2.05, 4.69) is 4.72 Å². The van der Waals surface area contributed by atoms with Gasteiger partial charge in [-0.2, -0.15) is 0 Å². The minimum Gasteiger partial charge on any atom is -0.466 e. The van der Waals surface area contributed by atoms with Crippen molar-refractivity contribution in [3.8, 4) is 0 Å². The van der Waals surface area contributed by atoms with E-state index in [0.29, 0.717) is 26.0 Å². The van der Waals surface area contributed by atoms with E-state index in [0.717, 1.165) is 16.7 Å². The van der Waals surface area contributed by atoms with Crippen LogP contribution < -0.4 is 4.72 Å². The topological polar surface area (TPSA) is 72.5 Å². The second kappa shape index (κ2) is 10.1. The highest BCUT2D eigenvalue weighted by molar-refractivity contribution is 7.89. The average Bonchev–Trinajstić information content (AvgIpc) is 2.63. The van der Waals surface area contributed by atoms with E-state index in [-0.39, 0.29) is 18.1 Å². The molecule has 2 aromatic rings. The van der Waals surface area contributed by atoms with Crippen molar-refractivity contribution in [1.82, 2.24) is 4.72 Å². The van der Waals surface area contributed by atoms with Gasteiger partial charge >= 0.3 is 5.97 Å². The average molecular weight is 375 g/mol. The number of esters is 1. The van der Waals surface area contributed by atoms with Crippen LogP contribution in [0, 0.1) is 0 Å². The van der Waals surface area contributed by atoms with Crippen LogP contribution in [0.5, 0.6) is 0 Å². The molecular weight excluding hydrogens is 350 g/mol. The number of nitrogens with one attached hydrogen (secondary N) is 1. The molecule has 1 N–H and O–H groups in total. The number of carbonyl (C=O) groups is 1. The van der Waals surface area contributed by atoms with Gasteiger partial charge in [0.2, 0.25) is 10.0 Å². The first-order valence-corrected chi connectivity index (χ1v) is 10.4. The van der Waals surface area contributed by atoms with Crippen molar-refractivity contribution in [3.63, 3.8) is 0 Å². The van der Waals surface area contributed by atoms with E-state index in [4.69, 9.17) is 4.74 Å². The molecule has 0 spiro atoms. The summed E-state index contributed by atoms with van der Waals surface area (Å²) in [5.41, 5.74) is 2.91. The maximum atomic E-state index is 12.1. The largest absolute Gasteiger partial charge is 0.466 e. The second-order valence-corrected chi connectivity index (χ2v) is 7.92. The van der Waals surface area contributed by atoms with Gasteiger partial charge in [-0.15, -0.1) is 0 Å². The van der Waals surface area contributed by atoms with E-state index in [1.54, 1.807) is 6.92 Å². The lowest BCUT2D eigenvalue weighted by Crippen LogP contribution is -2.29. The molecule has 0 saturated carbocycles. The van der Waals surface area contributed by atoms with Crippen molar-refractivity contribution in [3.05, 3.63) is 71.3 Å². The maximum Gasteiger partial charge on any atom is 0.310 e. The molecule has 0 aliphatic heterocycles. The van der Waals surface area contributed by atoms with Crippen LogP contribution in [0.2, 0.25) is 0 Å². The Balaban J connectivity index is 1.75. The minimum atomic E-state index is -3.29. The molecule has 140 valence electrons. The van der Waals surface area contributed by atoms with Crippen molar-refractivity contribution in [2.75, 3.05) is 18.9 Å². The van der Waals surface area contributed by atoms with Gasteiger partial charge in [0, 0.05) is 6.54 Å². The van der Waals surface area contributed by atoms with Crippen LogP contribution in [-0.2, 0) is 38.8 Å². The van der Waals surface area contributed by atoms with Crippen LogP contribution in [0.15, 0.2) is 54.6 Å². The molecule has 6 heteroatoms. The number of carbonyl (C=O) groups excluding carboxylic acids is 1. The first-order chi connectivity index (χ1) is 12.5. The Kier molecular flexibility index (Phi) is 7.81. The van der Waals surface area contributed by atoms with Gasteiger partial charge in [-0.3, -0.25) is 4.79 Å². The molecule has 0 atom stereocenters. The molecule has 0 saturated heterocycles. The molecule has 0 heterocycles. The van der Waals surface area contributed by atoms with Gasteiger partial charge < -0.3 is 4.74 Å². The molecule has 0 aromatic heterocycles. The van der Waals surface area contributed by atoms with Gasteiger partial charge in [0.05, 0.1) is 18.8 Å². The van der Waals surface area contributed by atoms with Crippen LogP contribution in [0.4, 0.5) is 0 Å². The highest BCUT2D eigenvalue weighted by atomic mass is 32.2. The molecule has 0 fully saturated rings. The summed E-state index contributed by atoms with van der Waals surface area (Å²) in [4.78, 5) is 11.4. The first kappa shape index (κ1) is 20.1. The summed E-state index contributed by atoms with van der Waals surface area (Å²) in [6, 6.07) is 17.1. The summed E-state index contributed by atoms with van der Waals surface area (Å²) >= 11 is 0. The Bertz CT molecular complexity index is 786. The third-order valence-corrected chi connectivity index (χ3v) is 5.30. The van der Waals surface area contributed by atoms with Crippen molar-refractivity contribution in [2.24, 2.45) is 0 Å². The van der Waals surface area contributed by atoms with Gasteiger partial charge in [-0.05, 0) is 36.5 Å². The summed E-state index contributed by atoms with van der Waals surface area (Å²) in [5, 5.41) is 0. The number of hydrogen-bond acceptors (Lipinski definition) is 4. The predicted octanol–water partition coefficient (Wildman–Crippen LogP) is 2.50. The first-order valence-electron chi connectivity index (χ1n) is 8.73. The van der Waals surface area contributed by atoms with Crippen molar-refractivity contribution >= 4 is 16.0 Å². The summed E-state index contributed by atoms with van der Waals surface area (Å²) in [6.07, 6.45) is 1.35. The number of hydrogen-bond donors (Lipinski definition) is 1. The Hall–Kier alpha value is -2.18. The molecule has 2 rings (SSSR count). The third kappa shape index (κ3) is 7.37. The normalized spacial score (nSPS) is 11.3. The fraction of sp³-hybridized carbons (Fsp3) is 0.350. The summed E-state index contributed by atoms with van der Waals surface area (Å²) < 4.78 is 31.7. The van der Waals surface area contributed by atoms with E-state index >= 15 is 0 Å². The highest BCUT2D eigenvalue weighted by Crippen LogP contribution is 2.07. The van der Waals surface area contributed by atoms with Gasteiger partial charge in [0.25, 0.3) is 0 Å². The van der Waals surface area contributed by atoms with E-state index in [9.17, 15) is 13.2 Å². The maximum absolute atomic E-state index is 12.1. The predicted molar refractivity (Wildman–Crippen MR) is 102 cm³/mol. The summed E-state index contributed by atoms with van der Waals surface area (Å²) in [5.74, 6) is -0.165. The fourth-order valence-corrected chi connectivity index (χ4v) is 3.58. The van der Waals surface area contributed by atoms with Crippen LogP contribution in [-0.4, -0.2) is 33.3 Å². The monoisotopic (exact) mass is 375 g/mol. The number of benzene rings is 2. The van der Waals surface area contributed by atoms with Crippen molar-refractivity contribution in [1.29, 1.82) is 0 Å². The molecule has 0 bridgehead atoms. The van der Waals surface area contributed by atoms with E-state index < -0.39 is 10.0 Å². The standard InChI is InChI=1S/C20H25NO4S/c1-2-25-20(22)16-19-10-8-18(9-11-19)12-14-21-26(23,24)15-13-17-6-4-3-5-7-17/h3-11,21H,2,12-16H2,1H3. The molecule has 26 heavy (non-hydrogen) atoms. The van der Waals surface area contributed by atoms with Crippen LogP contribution in [0.3, 0.4) is 0 Å². The summed E-state index contributed by atoms with van der Waals surface area (Å²) in [6.45, 7) is 2.51. The minimum absolute atomic E-state index is 0.0789. The molecule has 0 aliphatic rings. The molecule has 0 aliphatic carbocycles. The van der Waals surface area contributed by atoms with Gasteiger partial charge in [0.1, 0.15) is 0 Å². The Labute approximate surface area is 155 Å². The van der Waals surface area contributed by atoms with Crippen molar-refractivity contribution in [2.45, 2.75) is 26.2 Å². The zero-order valence-corrected chi connectivity index (χ0v) is 15.8. The molecule has 2 aromatic carbocycles. The van der Waals surface area contributed by atoms with E-state index in [1.165, 1.54) is 0 Å². The number of ether oxygens (including phenoxy) is 1. The molecule has 0 radical (unpaired) electrons. The Morgan fingerprint density at radius 3 is 2.19 bits per heavy atom. The van der Waals surface area contributed by atoms with Crippen LogP contribution in [0.1, 0.15) is 23.6 Å². The lowest BCUT2D eigenvalue weighted by Gasteiger charge is -2.08. The zero-order chi connectivity index (χ0) is 18.8. The molecule has 5 nitrogen and oxygen atoms in total. The number of aryl methyl sites for hydroxylation is 1. The molecule has 0 unspecified atom stereocenters. The Morgan fingerprint density at radius 2 is 1.54 bits per heavy atom. The van der Waals surface area contributed by atoms with Gasteiger partial charge in [-0.25, -0.2) is 13.1 Å². The third-order valence-electron chi connectivity index (χ3n) is 3.91. The van der Waals surface area contributed by atoms with Crippen LogP contribution in [0.25, 0.3) is 0 Å². The lowest BCUT2D eigenvalue weighted by atomic mass is 10.1. The van der Waals surface area contributed by atoms with E-state index in [1.807, 2.05) is 54.6 Å². The SMILES string of the molecule is CCOC(=O)Cc1ccc(CCNS(=O)(=O)CCc2ccccc2)cc1. The second-order valence-electron chi connectivity index (χ2n) is 6.00. The fourth-order valence-electron chi connectivity index (χ4n) is 2.52. The quantitative estimate of drug-likeness (QED) is 0.648. The lowest BCUT2D eigenvalue weighted by molar-refractivity contribution is -0.142. The highest BCUT2D eigenvalue weighted by Gasteiger charge is 2.10. The van der Waals surface area contributed by atoms with Crippen LogP contribution >= 0.6 is 0 Å². The van der Waals surface area contributed by atoms with Gasteiger partial charge in [-0.1, -0.05) is 54.6 Å². The molecule has 0 amide bonds. The van der Waals surface area contributed by atoms with Crippen molar-refractivity contribution < 1.29 is 17.9 Å². The number of rotatable bonds is 10. The number of sulfonamides is 1. The zero-order valence-electron chi connectivity index (χ0n) is 15.0. The Morgan fingerprint density at radius 1 is 0.923 bits per heavy atom. The molecular formula is C20H25NO4S.